The van der Waals surface area contributed by atoms with Gasteiger partial charge < -0.3 is 10.6 Å². The smallest absolute Gasteiger partial charge is 0.147 e. The Labute approximate surface area is 135 Å². The Bertz CT molecular complexity index is 629. The van der Waals surface area contributed by atoms with Gasteiger partial charge in [-0.25, -0.2) is 4.98 Å². The van der Waals surface area contributed by atoms with Crippen LogP contribution in [0.5, 0.6) is 0 Å². The molecule has 1 aromatic carbocycles. The number of benzene rings is 1. The van der Waals surface area contributed by atoms with Crippen LogP contribution in [0.3, 0.4) is 0 Å². The molecule has 2 rings (SSSR count). The van der Waals surface area contributed by atoms with E-state index in [1.165, 1.54) is 11.1 Å². The topological polar surface area (TPSA) is 37.0 Å². The van der Waals surface area contributed by atoms with E-state index >= 15 is 0 Å². The van der Waals surface area contributed by atoms with Crippen molar-refractivity contribution in [2.24, 2.45) is 0 Å². The third-order valence-corrected chi connectivity index (χ3v) is 3.86. The predicted octanol–water partition coefficient (Wildman–Crippen LogP) is 5.30. The maximum atomic E-state index is 6.24. The standard InChI is InChI=1S/C16H19Cl2N3/c1-4-19-15-13(17)9-14(18)16(21-15)20-11(3)12-8-6-5-7-10(12)2/h5-9,11H,4H2,1-3H3,(H2,19,20,21). The first-order valence-electron chi connectivity index (χ1n) is 6.95. The number of pyridine rings is 1. The van der Waals surface area contributed by atoms with Gasteiger partial charge in [0.1, 0.15) is 11.6 Å². The number of halogens is 2. The second kappa shape index (κ2) is 7.01. The van der Waals surface area contributed by atoms with Crippen molar-refractivity contribution >= 4 is 34.8 Å². The lowest BCUT2D eigenvalue weighted by atomic mass is 10.0. The van der Waals surface area contributed by atoms with E-state index in [0.29, 0.717) is 21.7 Å². The molecule has 0 saturated heterocycles. The highest BCUT2D eigenvalue weighted by Crippen LogP contribution is 2.31. The van der Waals surface area contributed by atoms with Gasteiger partial charge in [-0.1, -0.05) is 47.5 Å². The van der Waals surface area contributed by atoms with Crippen LogP contribution in [0.2, 0.25) is 10.0 Å². The van der Waals surface area contributed by atoms with Crippen molar-refractivity contribution in [1.29, 1.82) is 0 Å². The molecule has 0 aliphatic rings. The van der Waals surface area contributed by atoms with Crippen LogP contribution in [-0.2, 0) is 0 Å². The molecule has 0 aliphatic heterocycles. The first kappa shape index (κ1) is 15.9. The number of nitrogens with zero attached hydrogens (tertiary/aromatic N) is 1. The second-order valence-electron chi connectivity index (χ2n) is 4.90. The Morgan fingerprint density at radius 1 is 1.14 bits per heavy atom. The number of anilines is 2. The van der Waals surface area contributed by atoms with Gasteiger partial charge in [0, 0.05) is 6.54 Å². The molecule has 0 bridgehead atoms. The summed E-state index contributed by atoms with van der Waals surface area (Å²) in [5.41, 5.74) is 2.45. The fraction of sp³-hybridized carbons (Fsp3) is 0.312. The summed E-state index contributed by atoms with van der Waals surface area (Å²) in [4.78, 5) is 4.47. The Morgan fingerprint density at radius 3 is 2.48 bits per heavy atom. The van der Waals surface area contributed by atoms with Crippen molar-refractivity contribution < 1.29 is 0 Å². The van der Waals surface area contributed by atoms with E-state index in [-0.39, 0.29) is 6.04 Å². The van der Waals surface area contributed by atoms with Crippen molar-refractivity contribution in [3.8, 4) is 0 Å². The molecule has 1 heterocycles. The normalized spacial score (nSPS) is 12.0. The van der Waals surface area contributed by atoms with E-state index in [1.54, 1.807) is 6.07 Å². The molecule has 2 aromatic rings. The van der Waals surface area contributed by atoms with Gasteiger partial charge in [0.25, 0.3) is 0 Å². The Morgan fingerprint density at radius 2 is 1.81 bits per heavy atom. The van der Waals surface area contributed by atoms with Gasteiger partial charge in [0.2, 0.25) is 0 Å². The first-order valence-corrected chi connectivity index (χ1v) is 7.70. The zero-order chi connectivity index (χ0) is 15.4. The Kier molecular flexibility index (Phi) is 5.32. The summed E-state index contributed by atoms with van der Waals surface area (Å²) >= 11 is 12.4. The predicted molar refractivity (Wildman–Crippen MR) is 91.6 cm³/mol. The molecule has 3 nitrogen and oxygen atoms in total. The fourth-order valence-corrected chi connectivity index (χ4v) is 2.69. The molecule has 0 amide bonds. The maximum absolute atomic E-state index is 6.24. The minimum atomic E-state index is 0.104. The summed E-state index contributed by atoms with van der Waals surface area (Å²) in [5.74, 6) is 1.27. The van der Waals surface area contributed by atoms with Crippen LogP contribution in [0.15, 0.2) is 30.3 Å². The molecule has 0 fully saturated rings. The zero-order valence-corrected chi connectivity index (χ0v) is 13.9. The van der Waals surface area contributed by atoms with Gasteiger partial charge in [0.15, 0.2) is 0 Å². The number of aryl methyl sites for hydroxylation is 1. The summed E-state index contributed by atoms with van der Waals surface area (Å²) < 4.78 is 0. The first-order chi connectivity index (χ1) is 10.0. The molecule has 0 spiro atoms. The van der Waals surface area contributed by atoms with Gasteiger partial charge in [-0.15, -0.1) is 0 Å². The van der Waals surface area contributed by atoms with Crippen LogP contribution in [-0.4, -0.2) is 11.5 Å². The van der Waals surface area contributed by atoms with Crippen LogP contribution >= 0.6 is 23.2 Å². The average Bonchev–Trinajstić information content (AvgIpc) is 2.44. The number of hydrogen-bond acceptors (Lipinski definition) is 3. The van der Waals surface area contributed by atoms with E-state index in [2.05, 4.69) is 41.6 Å². The second-order valence-corrected chi connectivity index (χ2v) is 5.72. The molecule has 21 heavy (non-hydrogen) atoms. The zero-order valence-electron chi connectivity index (χ0n) is 12.4. The quantitative estimate of drug-likeness (QED) is 0.783. The molecule has 0 saturated carbocycles. The number of rotatable bonds is 5. The lowest BCUT2D eigenvalue weighted by Gasteiger charge is -2.19. The van der Waals surface area contributed by atoms with E-state index in [9.17, 15) is 0 Å². The molecular formula is C16H19Cl2N3. The highest BCUT2D eigenvalue weighted by atomic mass is 35.5. The Hall–Kier alpha value is -1.45. The SMILES string of the molecule is CCNc1nc(NC(C)c2ccccc2C)c(Cl)cc1Cl. The van der Waals surface area contributed by atoms with Gasteiger partial charge in [0.05, 0.1) is 16.1 Å². The van der Waals surface area contributed by atoms with Crippen molar-refractivity contribution in [2.45, 2.75) is 26.8 Å². The summed E-state index contributed by atoms with van der Waals surface area (Å²) in [6, 6.07) is 10.1. The Balaban J connectivity index is 2.27. The van der Waals surface area contributed by atoms with Crippen LogP contribution < -0.4 is 10.6 Å². The molecule has 1 aromatic heterocycles. The maximum Gasteiger partial charge on any atom is 0.147 e. The molecule has 0 radical (unpaired) electrons. The summed E-state index contributed by atoms with van der Waals surface area (Å²) in [6.45, 7) is 6.92. The minimum absolute atomic E-state index is 0.104. The monoisotopic (exact) mass is 323 g/mol. The van der Waals surface area contributed by atoms with E-state index < -0.39 is 0 Å². The largest absolute Gasteiger partial charge is 0.369 e. The fourth-order valence-electron chi connectivity index (χ4n) is 2.21. The number of hydrogen-bond donors (Lipinski definition) is 2. The molecule has 112 valence electrons. The highest BCUT2D eigenvalue weighted by molar-refractivity contribution is 6.37. The molecule has 1 unspecified atom stereocenters. The van der Waals surface area contributed by atoms with Gasteiger partial charge in [-0.2, -0.15) is 0 Å². The van der Waals surface area contributed by atoms with Gasteiger partial charge in [-0.05, 0) is 38.0 Å². The molecular weight excluding hydrogens is 305 g/mol. The van der Waals surface area contributed by atoms with Crippen molar-refractivity contribution in [3.05, 3.63) is 51.5 Å². The molecule has 0 aliphatic carbocycles. The van der Waals surface area contributed by atoms with E-state index in [4.69, 9.17) is 23.2 Å². The number of nitrogens with one attached hydrogen (secondary N) is 2. The van der Waals surface area contributed by atoms with Crippen molar-refractivity contribution in [2.75, 3.05) is 17.2 Å². The highest BCUT2D eigenvalue weighted by Gasteiger charge is 2.13. The van der Waals surface area contributed by atoms with Crippen LogP contribution in [0.25, 0.3) is 0 Å². The average molecular weight is 324 g/mol. The lowest BCUT2D eigenvalue weighted by Crippen LogP contribution is -2.11. The minimum Gasteiger partial charge on any atom is -0.369 e. The third-order valence-electron chi connectivity index (χ3n) is 3.28. The summed E-state index contributed by atoms with van der Waals surface area (Å²) in [5, 5.41) is 7.52. The van der Waals surface area contributed by atoms with Crippen LogP contribution in [0.4, 0.5) is 11.6 Å². The van der Waals surface area contributed by atoms with Gasteiger partial charge in [-0.3, -0.25) is 0 Å². The van der Waals surface area contributed by atoms with Crippen LogP contribution in [0.1, 0.15) is 31.0 Å². The van der Waals surface area contributed by atoms with Crippen LogP contribution in [0, 0.1) is 6.92 Å². The third kappa shape index (κ3) is 3.80. The van der Waals surface area contributed by atoms with Gasteiger partial charge >= 0.3 is 0 Å². The summed E-state index contributed by atoms with van der Waals surface area (Å²) in [7, 11) is 0. The molecule has 5 heteroatoms. The van der Waals surface area contributed by atoms with E-state index in [1.807, 2.05) is 19.1 Å². The van der Waals surface area contributed by atoms with Crippen molar-refractivity contribution in [1.82, 2.24) is 4.98 Å². The summed E-state index contributed by atoms with van der Waals surface area (Å²) in [6.07, 6.45) is 0. The molecule has 1 atom stereocenters. The van der Waals surface area contributed by atoms with Crippen molar-refractivity contribution in [3.63, 3.8) is 0 Å². The number of aromatic nitrogens is 1. The molecule has 2 N–H and O–H groups in total. The lowest BCUT2D eigenvalue weighted by molar-refractivity contribution is 0.865. The van der Waals surface area contributed by atoms with E-state index in [0.717, 1.165) is 6.54 Å².